The van der Waals surface area contributed by atoms with E-state index < -0.39 is 17.1 Å². The second kappa shape index (κ2) is 4.12. The molecule has 106 valence electrons. The Morgan fingerprint density at radius 2 is 2.35 bits per heavy atom. The minimum atomic E-state index is -0.869. The molecular weight excluding hydrogens is 282 g/mol. The van der Waals surface area contributed by atoms with E-state index in [9.17, 15) is 14.7 Å². The van der Waals surface area contributed by atoms with Gasteiger partial charge in [-0.1, -0.05) is 11.8 Å². The Bertz CT molecular complexity index is 682. The van der Waals surface area contributed by atoms with Crippen molar-refractivity contribution in [2.24, 2.45) is 4.99 Å². The maximum atomic E-state index is 12.1. The highest BCUT2D eigenvalue weighted by Gasteiger charge is 2.75. The van der Waals surface area contributed by atoms with Crippen molar-refractivity contribution in [3.8, 4) is 5.95 Å². The van der Waals surface area contributed by atoms with Crippen LogP contribution >= 0.6 is 11.8 Å². The van der Waals surface area contributed by atoms with E-state index in [1.165, 1.54) is 23.9 Å². The predicted octanol–water partition coefficient (Wildman–Crippen LogP) is 1.30. The number of nitrogens with zero attached hydrogens (tertiary/aromatic N) is 1. The van der Waals surface area contributed by atoms with Gasteiger partial charge in [0.05, 0.1) is 16.9 Å². The van der Waals surface area contributed by atoms with Crippen molar-refractivity contribution in [1.29, 1.82) is 0 Å². The van der Waals surface area contributed by atoms with Gasteiger partial charge in [0.25, 0.3) is 5.95 Å². The smallest absolute Gasteiger partial charge is 0.338 e. The SMILES string of the molecule is CCOC(=O)[C@@]12C[C@]1(C)SC(c1ccc(=O)oc1O)=N2. The zero-order valence-corrected chi connectivity index (χ0v) is 11.8. The first-order valence-electron chi connectivity index (χ1n) is 6.21. The number of ether oxygens (including phenoxy) is 1. The van der Waals surface area contributed by atoms with Crippen LogP contribution in [0.2, 0.25) is 0 Å². The number of hydrogen-bond donors (Lipinski definition) is 1. The second-order valence-corrected chi connectivity index (χ2v) is 6.47. The van der Waals surface area contributed by atoms with Crippen LogP contribution in [0.4, 0.5) is 0 Å². The van der Waals surface area contributed by atoms with Crippen LogP contribution in [0.3, 0.4) is 0 Å². The maximum Gasteiger partial charge on any atom is 0.338 e. The summed E-state index contributed by atoms with van der Waals surface area (Å²) in [6.07, 6.45) is 0.616. The molecule has 7 heteroatoms. The average molecular weight is 295 g/mol. The minimum Gasteiger partial charge on any atom is -0.480 e. The number of hydrogen-bond acceptors (Lipinski definition) is 7. The zero-order valence-electron chi connectivity index (χ0n) is 11.0. The van der Waals surface area contributed by atoms with Gasteiger partial charge in [0.2, 0.25) is 0 Å². The highest BCUT2D eigenvalue weighted by molar-refractivity contribution is 8.16. The quantitative estimate of drug-likeness (QED) is 0.846. The zero-order chi connectivity index (χ0) is 14.5. The maximum absolute atomic E-state index is 12.1. The lowest BCUT2D eigenvalue weighted by Gasteiger charge is -2.09. The van der Waals surface area contributed by atoms with Gasteiger partial charge in [-0.2, -0.15) is 0 Å². The number of aromatic hydroxyl groups is 1. The van der Waals surface area contributed by atoms with Crippen LogP contribution in [-0.2, 0) is 9.53 Å². The summed E-state index contributed by atoms with van der Waals surface area (Å²) in [6, 6.07) is 2.65. The van der Waals surface area contributed by atoms with E-state index in [-0.39, 0.29) is 10.7 Å². The standard InChI is InChI=1S/C13H13NO5S/c1-3-18-11(17)13-6-12(13,2)20-9(14-13)7-4-5-8(15)19-10(7)16/h4-5,16H,3,6H2,1-2H3/t12-,13-/m0/s1. The van der Waals surface area contributed by atoms with Crippen molar-refractivity contribution in [2.75, 3.05) is 6.61 Å². The molecule has 1 aliphatic heterocycles. The van der Waals surface area contributed by atoms with Gasteiger partial charge in [0.1, 0.15) is 5.04 Å². The molecule has 1 aromatic rings. The Kier molecular flexibility index (Phi) is 2.72. The molecule has 20 heavy (non-hydrogen) atoms. The Balaban J connectivity index is 1.98. The molecule has 0 saturated heterocycles. The van der Waals surface area contributed by atoms with E-state index in [1.54, 1.807) is 6.92 Å². The normalized spacial score (nSPS) is 30.6. The van der Waals surface area contributed by atoms with Crippen molar-refractivity contribution < 1.29 is 19.1 Å². The fourth-order valence-electron chi connectivity index (χ4n) is 2.40. The Morgan fingerprint density at radius 3 is 3.00 bits per heavy atom. The summed E-state index contributed by atoms with van der Waals surface area (Å²) in [7, 11) is 0. The molecule has 1 N–H and O–H groups in total. The molecular formula is C13H13NO5S. The summed E-state index contributed by atoms with van der Waals surface area (Å²) in [5.41, 5.74) is -1.18. The van der Waals surface area contributed by atoms with Gasteiger partial charge < -0.3 is 14.3 Å². The number of aliphatic imine (C=N–C) groups is 1. The number of esters is 1. The summed E-state index contributed by atoms with van der Waals surface area (Å²) in [6.45, 7) is 3.98. The van der Waals surface area contributed by atoms with E-state index in [1.807, 2.05) is 6.92 Å². The van der Waals surface area contributed by atoms with E-state index in [2.05, 4.69) is 9.41 Å². The molecule has 0 amide bonds. The average Bonchev–Trinajstić information content (AvgIpc) is 2.84. The van der Waals surface area contributed by atoms with Gasteiger partial charge in [0, 0.05) is 12.5 Å². The summed E-state index contributed by atoms with van der Waals surface area (Å²) in [5.74, 6) is -0.825. The molecule has 1 saturated carbocycles. The summed E-state index contributed by atoms with van der Waals surface area (Å²) >= 11 is 1.40. The lowest BCUT2D eigenvalue weighted by Crippen LogP contribution is -2.28. The number of carbonyl (C=O) groups is 1. The molecule has 1 aliphatic carbocycles. The second-order valence-electron chi connectivity index (χ2n) is 4.98. The molecule has 6 nitrogen and oxygen atoms in total. The third-order valence-electron chi connectivity index (χ3n) is 3.61. The lowest BCUT2D eigenvalue weighted by atomic mass is 10.2. The van der Waals surface area contributed by atoms with Crippen molar-refractivity contribution >= 4 is 22.8 Å². The van der Waals surface area contributed by atoms with Gasteiger partial charge in [-0.15, -0.1) is 0 Å². The number of thioether (sulfide) groups is 1. The number of rotatable bonds is 3. The van der Waals surface area contributed by atoms with Crippen LogP contribution in [0.15, 0.2) is 26.3 Å². The Labute approximate surface area is 118 Å². The summed E-state index contributed by atoms with van der Waals surface area (Å²) < 4.78 is 9.36. The molecule has 2 aliphatic rings. The van der Waals surface area contributed by atoms with Crippen molar-refractivity contribution in [2.45, 2.75) is 30.6 Å². The fraction of sp³-hybridized carbons (Fsp3) is 0.462. The third kappa shape index (κ3) is 1.69. The lowest BCUT2D eigenvalue weighted by molar-refractivity contribution is -0.145. The van der Waals surface area contributed by atoms with Crippen molar-refractivity contribution in [3.63, 3.8) is 0 Å². The highest BCUT2D eigenvalue weighted by atomic mass is 32.2. The Hall–Kier alpha value is -1.76. The predicted molar refractivity (Wildman–Crippen MR) is 73.2 cm³/mol. The number of carbonyl (C=O) groups excluding carboxylic acids is 1. The van der Waals surface area contributed by atoms with Crippen LogP contribution in [0, 0.1) is 0 Å². The van der Waals surface area contributed by atoms with Crippen LogP contribution in [0.25, 0.3) is 0 Å². The largest absolute Gasteiger partial charge is 0.480 e. The summed E-state index contributed by atoms with van der Waals surface area (Å²) in [4.78, 5) is 27.5. The molecule has 0 bridgehead atoms. The molecule has 1 fully saturated rings. The number of fused-ring (bicyclic) bond motifs is 1. The molecule has 1 aromatic heterocycles. The molecule has 0 radical (unpaired) electrons. The van der Waals surface area contributed by atoms with Crippen LogP contribution in [0.5, 0.6) is 5.95 Å². The van der Waals surface area contributed by atoms with E-state index in [0.29, 0.717) is 23.6 Å². The topological polar surface area (TPSA) is 89.1 Å². The van der Waals surface area contributed by atoms with Gasteiger partial charge in [-0.25, -0.2) is 9.59 Å². The van der Waals surface area contributed by atoms with Gasteiger partial charge in [-0.3, -0.25) is 4.99 Å². The first-order chi connectivity index (χ1) is 9.42. The Morgan fingerprint density at radius 1 is 1.60 bits per heavy atom. The highest BCUT2D eigenvalue weighted by Crippen LogP contribution is 2.66. The van der Waals surface area contributed by atoms with Crippen LogP contribution in [-0.4, -0.2) is 33.0 Å². The summed E-state index contributed by atoms with van der Waals surface area (Å²) in [5, 5.41) is 10.2. The van der Waals surface area contributed by atoms with Crippen molar-refractivity contribution in [3.05, 3.63) is 28.1 Å². The molecule has 0 aromatic carbocycles. The molecule has 0 unspecified atom stereocenters. The molecule has 0 spiro atoms. The van der Waals surface area contributed by atoms with Crippen molar-refractivity contribution in [1.82, 2.24) is 0 Å². The first kappa shape index (κ1) is 13.2. The van der Waals surface area contributed by atoms with E-state index >= 15 is 0 Å². The van der Waals surface area contributed by atoms with Gasteiger partial charge >= 0.3 is 11.6 Å². The van der Waals surface area contributed by atoms with E-state index in [4.69, 9.17) is 4.74 Å². The fourth-order valence-corrected chi connectivity index (χ4v) is 3.87. The van der Waals surface area contributed by atoms with E-state index in [0.717, 1.165) is 0 Å². The van der Waals surface area contributed by atoms with Gasteiger partial charge in [0.15, 0.2) is 5.54 Å². The van der Waals surface area contributed by atoms with Crippen LogP contribution in [0.1, 0.15) is 25.8 Å². The molecule has 2 heterocycles. The minimum absolute atomic E-state index is 0.303. The van der Waals surface area contributed by atoms with Crippen LogP contribution < -0.4 is 5.63 Å². The first-order valence-corrected chi connectivity index (χ1v) is 7.03. The third-order valence-corrected chi connectivity index (χ3v) is 5.05. The van der Waals surface area contributed by atoms with Gasteiger partial charge in [-0.05, 0) is 19.9 Å². The monoisotopic (exact) mass is 295 g/mol. The molecule has 3 rings (SSSR count). The molecule has 2 atom stereocenters.